The van der Waals surface area contributed by atoms with Crippen LogP contribution in [0.3, 0.4) is 0 Å². The number of aromatic nitrogens is 1. The van der Waals surface area contributed by atoms with Crippen molar-refractivity contribution in [1.82, 2.24) is 4.98 Å². The van der Waals surface area contributed by atoms with Crippen LogP contribution in [0.5, 0.6) is 0 Å². The molecule has 106 valence electrons. The molecule has 1 heterocycles. The third-order valence-corrected chi connectivity index (χ3v) is 3.43. The van der Waals surface area contributed by atoms with E-state index >= 15 is 0 Å². The Balaban J connectivity index is 2.31. The van der Waals surface area contributed by atoms with Gasteiger partial charge < -0.3 is 4.90 Å². The van der Waals surface area contributed by atoms with Crippen LogP contribution in [0.25, 0.3) is 0 Å². The van der Waals surface area contributed by atoms with Gasteiger partial charge >= 0.3 is 6.18 Å². The molecule has 0 saturated heterocycles. The Morgan fingerprint density at radius 3 is 2.70 bits per heavy atom. The summed E-state index contributed by atoms with van der Waals surface area (Å²) >= 11 is 1.43. The SMILES string of the molecule is CN(Cc1cscn1)c1ccc(C=O)c(C(F)(F)F)c1. The highest BCUT2D eigenvalue weighted by Crippen LogP contribution is 2.34. The highest BCUT2D eigenvalue weighted by atomic mass is 32.1. The van der Waals surface area contributed by atoms with E-state index in [1.54, 1.807) is 17.5 Å². The fourth-order valence-electron chi connectivity index (χ4n) is 1.78. The second-order valence-electron chi connectivity index (χ2n) is 4.22. The van der Waals surface area contributed by atoms with Crippen molar-refractivity contribution in [2.24, 2.45) is 0 Å². The van der Waals surface area contributed by atoms with Crippen molar-refractivity contribution in [2.45, 2.75) is 12.7 Å². The van der Waals surface area contributed by atoms with Gasteiger partial charge in [-0.1, -0.05) is 0 Å². The number of rotatable bonds is 4. The molecule has 1 aromatic carbocycles. The summed E-state index contributed by atoms with van der Waals surface area (Å²) in [6.07, 6.45) is -4.33. The van der Waals surface area contributed by atoms with E-state index < -0.39 is 11.7 Å². The van der Waals surface area contributed by atoms with Gasteiger partial charge in [0.05, 0.1) is 23.3 Å². The lowest BCUT2D eigenvalue weighted by Crippen LogP contribution is -2.18. The number of halogens is 3. The van der Waals surface area contributed by atoms with Crippen LogP contribution in [-0.2, 0) is 12.7 Å². The van der Waals surface area contributed by atoms with E-state index in [0.29, 0.717) is 12.2 Å². The summed E-state index contributed by atoms with van der Waals surface area (Å²) in [4.78, 5) is 16.4. The number of carbonyl (C=O) groups is 1. The third kappa shape index (κ3) is 3.16. The molecule has 0 radical (unpaired) electrons. The lowest BCUT2D eigenvalue weighted by Gasteiger charge is -2.20. The van der Waals surface area contributed by atoms with Gasteiger partial charge in [-0.2, -0.15) is 13.2 Å². The lowest BCUT2D eigenvalue weighted by molar-refractivity contribution is -0.137. The summed E-state index contributed by atoms with van der Waals surface area (Å²) < 4.78 is 38.6. The molecule has 0 N–H and O–H groups in total. The third-order valence-electron chi connectivity index (χ3n) is 2.79. The molecule has 0 amide bonds. The number of thiazole rings is 1. The topological polar surface area (TPSA) is 33.2 Å². The molecule has 2 rings (SSSR count). The molecule has 0 aliphatic carbocycles. The summed E-state index contributed by atoms with van der Waals surface area (Å²) in [5, 5.41) is 1.83. The molecular weight excluding hydrogens is 289 g/mol. The average Bonchev–Trinajstić information content (AvgIpc) is 2.89. The van der Waals surface area contributed by atoms with E-state index in [-0.39, 0.29) is 11.8 Å². The second kappa shape index (κ2) is 5.62. The maximum Gasteiger partial charge on any atom is 0.417 e. The quantitative estimate of drug-likeness (QED) is 0.809. The molecule has 0 aliphatic rings. The number of anilines is 1. The van der Waals surface area contributed by atoms with Gasteiger partial charge in [0.15, 0.2) is 6.29 Å². The number of hydrogen-bond acceptors (Lipinski definition) is 4. The molecule has 0 saturated carbocycles. The van der Waals surface area contributed by atoms with Crippen LogP contribution >= 0.6 is 11.3 Å². The zero-order valence-corrected chi connectivity index (χ0v) is 11.3. The largest absolute Gasteiger partial charge is 0.417 e. The maximum atomic E-state index is 12.9. The fourth-order valence-corrected chi connectivity index (χ4v) is 2.33. The molecule has 0 spiro atoms. The van der Waals surface area contributed by atoms with Crippen molar-refractivity contribution in [2.75, 3.05) is 11.9 Å². The first kappa shape index (κ1) is 14.5. The molecule has 0 bridgehead atoms. The normalized spacial score (nSPS) is 11.4. The Hall–Kier alpha value is -1.89. The van der Waals surface area contributed by atoms with E-state index in [9.17, 15) is 18.0 Å². The van der Waals surface area contributed by atoms with Crippen LogP contribution in [-0.4, -0.2) is 18.3 Å². The molecule has 2 aromatic rings. The van der Waals surface area contributed by atoms with Crippen molar-refractivity contribution in [3.05, 3.63) is 45.9 Å². The molecular formula is C13H11F3N2OS. The first-order chi connectivity index (χ1) is 9.41. The van der Waals surface area contributed by atoms with Gasteiger partial charge in [-0.05, 0) is 18.2 Å². The first-order valence-electron chi connectivity index (χ1n) is 5.66. The van der Waals surface area contributed by atoms with Crippen molar-refractivity contribution >= 4 is 23.3 Å². The smallest absolute Gasteiger partial charge is 0.369 e. The van der Waals surface area contributed by atoms with Crippen molar-refractivity contribution in [3.8, 4) is 0 Å². The van der Waals surface area contributed by atoms with Crippen LogP contribution < -0.4 is 4.90 Å². The van der Waals surface area contributed by atoms with Gasteiger partial charge in [0.25, 0.3) is 0 Å². The van der Waals surface area contributed by atoms with E-state index in [2.05, 4.69) is 4.98 Å². The highest BCUT2D eigenvalue weighted by molar-refractivity contribution is 7.07. The zero-order valence-electron chi connectivity index (χ0n) is 10.5. The minimum Gasteiger partial charge on any atom is -0.369 e. The molecule has 0 aliphatic heterocycles. The number of benzene rings is 1. The Labute approximate surface area is 117 Å². The number of nitrogens with zero attached hydrogens (tertiary/aromatic N) is 2. The van der Waals surface area contributed by atoms with Crippen LogP contribution in [0.15, 0.2) is 29.1 Å². The number of alkyl halides is 3. The standard InChI is InChI=1S/C13H11F3N2OS/c1-18(5-10-7-20-8-17-10)11-3-2-9(6-19)12(4-11)13(14,15)16/h2-4,6-8H,5H2,1H3. The van der Waals surface area contributed by atoms with E-state index in [1.165, 1.54) is 23.5 Å². The fraction of sp³-hybridized carbons (Fsp3) is 0.231. The molecule has 0 fully saturated rings. The zero-order chi connectivity index (χ0) is 14.8. The maximum absolute atomic E-state index is 12.9. The Morgan fingerprint density at radius 1 is 1.40 bits per heavy atom. The monoisotopic (exact) mass is 300 g/mol. The van der Waals surface area contributed by atoms with E-state index in [4.69, 9.17) is 0 Å². The van der Waals surface area contributed by atoms with Crippen LogP contribution in [0.1, 0.15) is 21.6 Å². The molecule has 0 atom stereocenters. The van der Waals surface area contributed by atoms with Crippen LogP contribution in [0.4, 0.5) is 18.9 Å². The predicted octanol–water partition coefficient (Wildman–Crippen LogP) is 3.61. The summed E-state index contributed by atoms with van der Waals surface area (Å²) in [6.45, 7) is 0.404. The minimum atomic E-state index is -4.55. The number of carbonyl (C=O) groups excluding carboxylic acids is 1. The minimum absolute atomic E-state index is 0.215. The molecule has 20 heavy (non-hydrogen) atoms. The average molecular weight is 300 g/mol. The van der Waals surface area contributed by atoms with Crippen molar-refractivity contribution in [3.63, 3.8) is 0 Å². The van der Waals surface area contributed by atoms with Gasteiger partial charge in [-0.15, -0.1) is 11.3 Å². The van der Waals surface area contributed by atoms with E-state index in [1.807, 2.05) is 5.38 Å². The molecule has 7 heteroatoms. The predicted molar refractivity (Wildman–Crippen MR) is 71.1 cm³/mol. The first-order valence-corrected chi connectivity index (χ1v) is 6.60. The Bertz CT molecular complexity index is 596. The summed E-state index contributed by atoms with van der Waals surface area (Å²) in [7, 11) is 1.68. The van der Waals surface area contributed by atoms with Crippen LogP contribution in [0, 0.1) is 0 Å². The Morgan fingerprint density at radius 2 is 2.15 bits per heavy atom. The molecule has 3 nitrogen and oxygen atoms in total. The van der Waals surface area contributed by atoms with Crippen molar-refractivity contribution in [1.29, 1.82) is 0 Å². The summed E-state index contributed by atoms with van der Waals surface area (Å²) in [6, 6.07) is 3.66. The summed E-state index contributed by atoms with van der Waals surface area (Å²) in [5.41, 5.74) is 1.56. The summed E-state index contributed by atoms with van der Waals surface area (Å²) in [5.74, 6) is 0. The Kier molecular flexibility index (Phi) is 4.08. The van der Waals surface area contributed by atoms with Gasteiger partial charge in [0, 0.05) is 23.7 Å². The van der Waals surface area contributed by atoms with Crippen LogP contribution in [0.2, 0.25) is 0 Å². The van der Waals surface area contributed by atoms with Gasteiger partial charge in [0.1, 0.15) is 0 Å². The number of hydrogen-bond donors (Lipinski definition) is 0. The lowest BCUT2D eigenvalue weighted by atomic mass is 10.1. The van der Waals surface area contributed by atoms with Gasteiger partial charge in [0.2, 0.25) is 0 Å². The number of aldehydes is 1. The van der Waals surface area contributed by atoms with Gasteiger partial charge in [-0.25, -0.2) is 4.98 Å². The van der Waals surface area contributed by atoms with E-state index in [0.717, 1.165) is 11.8 Å². The molecule has 1 aromatic heterocycles. The highest BCUT2D eigenvalue weighted by Gasteiger charge is 2.33. The second-order valence-corrected chi connectivity index (χ2v) is 4.94. The molecule has 0 unspecified atom stereocenters. The van der Waals surface area contributed by atoms with Gasteiger partial charge in [-0.3, -0.25) is 4.79 Å². The van der Waals surface area contributed by atoms with Crippen molar-refractivity contribution < 1.29 is 18.0 Å².